The maximum atomic E-state index is 13.4. The third kappa shape index (κ3) is 3.75. The summed E-state index contributed by atoms with van der Waals surface area (Å²) in [6, 6.07) is 23.5. The minimum Gasteiger partial charge on any atom is -0.423 e. The van der Waals surface area contributed by atoms with Crippen LogP contribution in [-0.2, 0) is 4.79 Å². The molecule has 1 aliphatic heterocycles. The number of oxazole rings is 1. The molecule has 4 aromatic rings. The number of guanidine groups is 1. The van der Waals surface area contributed by atoms with E-state index in [1.54, 1.807) is 12.1 Å². The van der Waals surface area contributed by atoms with Crippen LogP contribution in [0.1, 0.15) is 35.9 Å². The fourth-order valence-electron chi connectivity index (χ4n) is 4.67. The van der Waals surface area contributed by atoms with Crippen molar-refractivity contribution in [2.45, 2.75) is 24.8 Å². The lowest BCUT2D eigenvalue weighted by atomic mass is 9.78. The standard InChI is InChI=1S/C27H21FN4O2/c28-19-12-10-16(11-13-19)18-14-21-24(22(33)15-18)25(17-6-2-1-3-7-17)31-26(29-21)32-27-30-20-8-4-5-9-23(20)34-27/h1-13,18,25H,14-15H2,(H2,29,30,31,32)/t18-,25+/m1/s1. The molecule has 34 heavy (non-hydrogen) atoms. The molecule has 0 saturated carbocycles. The Kier molecular flexibility index (Phi) is 4.95. The van der Waals surface area contributed by atoms with Crippen molar-refractivity contribution < 1.29 is 13.6 Å². The molecule has 1 aromatic heterocycles. The third-order valence-corrected chi connectivity index (χ3v) is 6.28. The van der Waals surface area contributed by atoms with Gasteiger partial charge in [0.15, 0.2) is 11.4 Å². The summed E-state index contributed by atoms with van der Waals surface area (Å²) in [6.45, 7) is 0. The number of aromatic nitrogens is 1. The Morgan fingerprint density at radius 2 is 1.68 bits per heavy atom. The number of fused-ring (bicyclic) bond motifs is 1. The molecule has 0 spiro atoms. The number of hydrogen-bond acceptors (Lipinski definition) is 6. The van der Waals surface area contributed by atoms with E-state index >= 15 is 0 Å². The Morgan fingerprint density at radius 1 is 0.912 bits per heavy atom. The summed E-state index contributed by atoms with van der Waals surface area (Å²) in [5, 5.41) is 6.46. The second-order valence-electron chi connectivity index (χ2n) is 8.50. The van der Waals surface area contributed by atoms with Crippen LogP contribution in [0.2, 0.25) is 0 Å². The number of anilines is 1. The second-order valence-corrected chi connectivity index (χ2v) is 8.50. The summed E-state index contributed by atoms with van der Waals surface area (Å²) in [6.07, 6.45) is 0.975. The molecule has 0 fully saturated rings. The summed E-state index contributed by atoms with van der Waals surface area (Å²) < 4.78 is 19.3. The molecule has 7 heteroatoms. The van der Waals surface area contributed by atoms with Crippen LogP contribution in [0.15, 0.2) is 99.5 Å². The van der Waals surface area contributed by atoms with Gasteiger partial charge in [-0.2, -0.15) is 4.98 Å². The number of para-hydroxylation sites is 2. The fourth-order valence-corrected chi connectivity index (χ4v) is 4.67. The summed E-state index contributed by atoms with van der Waals surface area (Å²) >= 11 is 0. The van der Waals surface area contributed by atoms with Crippen molar-refractivity contribution in [1.29, 1.82) is 0 Å². The highest BCUT2D eigenvalue weighted by Crippen LogP contribution is 2.41. The van der Waals surface area contributed by atoms with Gasteiger partial charge in [0.1, 0.15) is 17.4 Å². The normalized spacial score (nSPS) is 20.0. The first kappa shape index (κ1) is 20.4. The average Bonchev–Trinajstić information content (AvgIpc) is 3.26. The van der Waals surface area contributed by atoms with Gasteiger partial charge in [-0.3, -0.25) is 10.1 Å². The van der Waals surface area contributed by atoms with E-state index in [1.807, 2.05) is 54.6 Å². The number of nitrogens with one attached hydrogen (secondary N) is 2. The zero-order valence-corrected chi connectivity index (χ0v) is 18.2. The van der Waals surface area contributed by atoms with Crippen molar-refractivity contribution in [3.8, 4) is 0 Å². The Hall–Kier alpha value is -4.26. The van der Waals surface area contributed by atoms with Crippen molar-refractivity contribution in [3.63, 3.8) is 0 Å². The molecule has 0 bridgehead atoms. The molecule has 0 amide bonds. The lowest BCUT2D eigenvalue weighted by Crippen LogP contribution is -2.39. The molecular formula is C27H21FN4O2. The fraction of sp³-hybridized carbons (Fsp3) is 0.148. The zero-order chi connectivity index (χ0) is 23.1. The van der Waals surface area contributed by atoms with E-state index in [2.05, 4.69) is 15.6 Å². The van der Waals surface area contributed by atoms with Gasteiger partial charge in [-0.1, -0.05) is 54.6 Å². The number of nitrogens with zero attached hydrogens (tertiary/aromatic N) is 2. The van der Waals surface area contributed by atoms with E-state index in [1.165, 1.54) is 12.1 Å². The number of carbonyl (C=O) groups is 1. The second kappa shape index (κ2) is 8.26. The van der Waals surface area contributed by atoms with E-state index < -0.39 is 6.04 Å². The summed E-state index contributed by atoms with van der Waals surface area (Å²) in [5.74, 6) is 0.176. The van der Waals surface area contributed by atoms with Crippen molar-refractivity contribution in [1.82, 2.24) is 10.3 Å². The number of carbonyl (C=O) groups excluding carboxylic acids is 1. The maximum absolute atomic E-state index is 13.4. The molecule has 2 N–H and O–H groups in total. The number of Topliss-reactive ketones (excluding diaryl/α,β-unsaturated/α-hetero) is 1. The number of rotatable bonds is 3. The number of aliphatic imine (C=N–C) groups is 1. The third-order valence-electron chi connectivity index (χ3n) is 6.28. The highest BCUT2D eigenvalue weighted by atomic mass is 19.1. The summed E-state index contributed by atoms with van der Waals surface area (Å²) in [5.41, 5.74) is 4.77. The van der Waals surface area contributed by atoms with Crippen LogP contribution in [-0.4, -0.2) is 16.7 Å². The SMILES string of the molecule is O=C1C[C@H](c2ccc(F)cc2)CC2=C1[C@H](c1ccccc1)N=C(Nc1nc3ccccc3o1)N2. The molecule has 2 atom stereocenters. The molecule has 168 valence electrons. The molecule has 1 aliphatic carbocycles. The molecular weight excluding hydrogens is 431 g/mol. The highest BCUT2D eigenvalue weighted by Gasteiger charge is 2.37. The van der Waals surface area contributed by atoms with Crippen molar-refractivity contribution in [3.05, 3.63) is 107 Å². The first-order chi connectivity index (χ1) is 16.6. The van der Waals surface area contributed by atoms with Crippen molar-refractivity contribution in [2.24, 2.45) is 4.99 Å². The van der Waals surface area contributed by atoms with Gasteiger partial charge in [-0.15, -0.1) is 0 Å². The predicted octanol–water partition coefficient (Wildman–Crippen LogP) is 5.48. The van der Waals surface area contributed by atoms with Gasteiger partial charge in [-0.25, -0.2) is 9.38 Å². The van der Waals surface area contributed by atoms with Gasteiger partial charge in [0.2, 0.25) is 5.96 Å². The van der Waals surface area contributed by atoms with Crippen LogP contribution in [0.3, 0.4) is 0 Å². The lowest BCUT2D eigenvalue weighted by Gasteiger charge is -2.33. The number of hydrogen-bond donors (Lipinski definition) is 2. The minimum absolute atomic E-state index is 0.0422. The van der Waals surface area contributed by atoms with Crippen LogP contribution in [0, 0.1) is 5.82 Å². The van der Waals surface area contributed by atoms with E-state index in [9.17, 15) is 9.18 Å². The first-order valence-electron chi connectivity index (χ1n) is 11.2. The van der Waals surface area contributed by atoms with Crippen molar-refractivity contribution in [2.75, 3.05) is 5.32 Å². The van der Waals surface area contributed by atoms with E-state index in [0.717, 1.165) is 22.3 Å². The Bertz CT molecular complexity index is 1410. The van der Waals surface area contributed by atoms with Crippen LogP contribution >= 0.6 is 0 Å². The van der Waals surface area contributed by atoms with Crippen LogP contribution in [0.25, 0.3) is 11.1 Å². The number of allylic oxidation sites excluding steroid dienone is 1. The molecule has 6 nitrogen and oxygen atoms in total. The van der Waals surface area contributed by atoms with E-state index in [-0.39, 0.29) is 17.5 Å². The number of halogens is 1. The van der Waals surface area contributed by atoms with Crippen LogP contribution in [0.5, 0.6) is 0 Å². The van der Waals surface area contributed by atoms with Gasteiger partial charge < -0.3 is 9.73 Å². The number of ketones is 1. The van der Waals surface area contributed by atoms with Crippen LogP contribution in [0.4, 0.5) is 10.4 Å². The molecule has 6 rings (SSSR count). The average molecular weight is 452 g/mol. The van der Waals surface area contributed by atoms with Gasteiger partial charge in [0, 0.05) is 17.7 Å². The van der Waals surface area contributed by atoms with Gasteiger partial charge in [-0.05, 0) is 47.7 Å². The topological polar surface area (TPSA) is 79.5 Å². The molecule has 3 aromatic carbocycles. The summed E-state index contributed by atoms with van der Waals surface area (Å²) in [4.78, 5) is 22.7. The number of benzene rings is 3. The largest absolute Gasteiger partial charge is 0.423 e. The maximum Gasteiger partial charge on any atom is 0.302 e. The highest BCUT2D eigenvalue weighted by molar-refractivity contribution is 6.03. The molecule has 0 saturated heterocycles. The zero-order valence-electron chi connectivity index (χ0n) is 18.2. The van der Waals surface area contributed by atoms with Gasteiger partial charge in [0.05, 0.1) is 0 Å². The van der Waals surface area contributed by atoms with E-state index in [4.69, 9.17) is 9.41 Å². The quantitative estimate of drug-likeness (QED) is 0.430. The van der Waals surface area contributed by atoms with E-state index in [0.29, 0.717) is 36.0 Å². The lowest BCUT2D eigenvalue weighted by molar-refractivity contribution is -0.116. The molecule has 0 unspecified atom stereocenters. The molecule has 2 heterocycles. The first-order valence-corrected chi connectivity index (χ1v) is 11.2. The molecule has 2 aliphatic rings. The summed E-state index contributed by atoms with van der Waals surface area (Å²) in [7, 11) is 0. The monoisotopic (exact) mass is 452 g/mol. The van der Waals surface area contributed by atoms with Gasteiger partial charge >= 0.3 is 6.01 Å². The van der Waals surface area contributed by atoms with Crippen LogP contribution < -0.4 is 10.6 Å². The minimum atomic E-state index is -0.439. The Balaban J connectivity index is 1.36. The van der Waals surface area contributed by atoms with Gasteiger partial charge in [0.25, 0.3) is 0 Å². The predicted molar refractivity (Wildman–Crippen MR) is 128 cm³/mol. The molecule has 0 radical (unpaired) electrons. The Morgan fingerprint density at radius 3 is 2.47 bits per heavy atom. The van der Waals surface area contributed by atoms with Crippen molar-refractivity contribution >= 4 is 28.9 Å². The Labute approximate surface area is 195 Å². The smallest absolute Gasteiger partial charge is 0.302 e.